The van der Waals surface area contributed by atoms with Crippen LogP contribution in [0.3, 0.4) is 0 Å². The van der Waals surface area contributed by atoms with E-state index in [0.717, 1.165) is 4.88 Å². The van der Waals surface area contributed by atoms with Crippen molar-refractivity contribution in [1.29, 1.82) is 0 Å². The standard InChI is InChI=1S/C15H12N2O3S/c1-19-11-5-2-4-10(8-11)16-15(18)12-9-13(20-17-12)14-6-3-7-21-14/h2-9H,1H3,(H,16,18). The van der Waals surface area contributed by atoms with Gasteiger partial charge in [-0.1, -0.05) is 17.3 Å². The lowest BCUT2D eigenvalue weighted by molar-refractivity contribution is 0.101. The summed E-state index contributed by atoms with van der Waals surface area (Å²) in [6, 6.07) is 12.6. The molecule has 0 aliphatic carbocycles. The Bertz CT molecular complexity index is 750. The summed E-state index contributed by atoms with van der Waals surface area (Å²) < 4.78 is 10.3. The SMILES string of the molecule is COc1cccc(NC(=O)c2cc(-c3cccs3)on2)c1. The molecule has 0 radical (unpaired) electrons. The Morgan fingerprint density at radius 1 is 1.29 bits per heavy atom. The third kappa shape index (κ3) is 2.95. The molecule has 2 heterocycles. The van der Waals surface area contributed by atoms with Crippen LogP contribution in [0.2, 0.25) is 0 Å². The molecule has 106 valence electrons. The van der Waals surface area contributed by atoms with Gasteiger partial charge in [0.1, 0.15) is 5.75 Å². The van der Waals surface area contributed by atoms with Crippen molar-refractivity contribution in [2.75, 3.05) is 12.4 Å². The van der Waals surface area contributed by atoms with Crippen LogP contribution in [-0.2, 0) is 0 Å². The van der Waals surface area contributed by atoms with Gasteiger partial charge in [0.25, 0.3) is 5.91 Å². The van der Waals surface area contributed by atoms with Crippen molar-refractivity contribution >= 4 is 22.9 Å². The van der Waals surface area contributed by atoms with Gasteiger partial charge in [0, 0.05) is 17.8 Å². The Morgan fingerprint density at radius 2 is 2.19 bits per heavy atom. The maximum Gasteiger partial charge on any atom is 0.277 e. The number of rotatable bonds is 4. The molecule has 1 N–H and O–H groups in total. The van der Waals surface area contributed by atoms with Crippen molar-refractivity contribution in [3.63, 3.8) is 0 Å². The predicted molar refractivity (Wildman–Crippen MR) is 80.8 cm³/mol. The first-order chi connectivity index (χ1) is 10.3. The number of methoxy groups -OCH3 is 1. The molecule has 2 aromatic heterocycles. The number of carbonyl (C=O) groups is 1. The number of thiophene rings is 1. The van der Waals surface area contributed by atoms with Gasteiger partial charge in [0.2, 0.25) is 0 Å². The van der Waals surface area contributed by atoms with E-state index >= 15 is 0 Å². The Hall–Kier alpha value is -2.60. The van der Waals surface area contributed by atoms with Gasteiger partial charge in [-0.15, -0.1) is 11.3 Å². The first-order valence-corrected chi connectivity index (χ1v) is 7.10. The highest BCUT2D eigenvalue weighted by molar-refractivity contribution is 7.13. The van der Waals surface area contributed by atoms with Crippen molar-refractivity contribution in [2.24, 2.45) is 0 Å². The molecule has 3 aromatic rings. The molecular weight excluding hydrogens is 288 g/mol. The van der Waals surface area contributed by atoms with E-state index < -0.39 is 0 Å². The van der Waals surface area contributed by atoms with Crippen LogP contribution in [0.5, 0.6) is 5.75 Å². The molecule has 6 heteroatoms. The maximum atomic E-state index is 12.1. The monoisotopic (exact) mass is 300 g/mol. The molecule has 0 bridgehead atoms. The van der Waals surface area contributed by atoms with E-state index in [2.05, 4.69) is 10.5 Å². The largest absolute Gasteiger partial charge is 0.497 e. The number of nitrogens with one attached hydrogen (secondary N) is 1. The second-order valence-corrected chi connectivity index (χ2v) is 5.19. The molecule has 0 saturated heterocycles. The molecule has 0 atom stereocenters. The van der Waals surface area contributed by atoms with Crippen molar-refractivity contribution in [3.8, 4) is 16.4 Å². The van der Waals surface area contributed by atoms with Crippen molar-refractivity contribution < 1.29 is 14.1 Å². The van der Waals surface area contributed by atoms with Crippen LogP contribution in [0.1, 0.15) is 10.5 Å². The van der Waals surface area contributed by atoms with Crippen LogP contribution in [0, 0.1) is 0 Å². The average molecular weight is 300 g/mol. The maximum absolute atomic E-state index is 12.1. The number of nitrogens with zero attached hydrogens (tertiary/aromatic N) is 1. The average Bonchev–Trinajstić information content (AvgIpc) is 3.18. The summed E-state index contributed by atoms with van der Waals surface area (Å²) in [6.07, 6.45) is 0. The summed E-state index contributed by atoms with van der Waals surface area (Å²) >= 11 is 1.53. The molecule has 0 aliphatic heterocycles. The fourth-order valence-electron chi connectivity index (χ4n) is 1.81. The number of carbonyl (C=O) groups excluding carboxylic acids is 1. The van der Waals surface area contributed by atoms with E-state index in [0.29, 0.717) is 17.2 Å². The smallest absolute Gasteiger partial charge is 0.277 e. The first-order valence-electron chi connectivity index (χ1n) is 6.22. The van der Waals surface area contributed by atoms with E-state index in [1.807, 2.05) is 17.5 Å². The predicted octanol–water partition coefficient (Wildman–Crippen LogP) is 3.66. The van der Waals surface area contributed by atoms with Gasteiger partial charge >= 0.3 is 0 Å². The minimum absolute atomic E-state index is 0.237. The van der Waals surface area contributed by atoms with Crippen LogP contribution >= 0.6 is 11.3 Å². The van der Waals surface area contributed by atoms with E-state index in [-0.39, 0.29) is 11.6 Å². The summed E-state index contributed by atoms with van der Waals surface area (Å²) in [4.78, 5) is 13.1. The van der Waals surface area contributed by atoms with Gasteiger partial charge in [-0.2, -0.15) is 0 Å². The minimum atomic E-state index is -0.324. The molecule has 0 fully saturated rings. The van der Waals surface area contributed by atoms with Crippen molar-refractivity contribution in [3.05, 3.63) is 53.5 Å². The summed E-state index contributed by atoms with van der Waals surface area (Å²) in [5, 5.41) is 8.49. The lowest BCUT2D eigenvalue weighted by atomic mass is 10.2. The number of amides is 1. The number of aromatic nitrogens is 1. The summed E-state index contributed by atoms with van der Waals surface area (Å²) in [5.41, 5.74) is 0.876. The second kappa shape index (κ2) is 5.80. The van der Waals surface area contributed by atoms with Gasteiger partial charge in [0.05, 0.1) is 12.0 Å². The Labute approximate surface area is 125 Å². The summed E-state index contributed by atoms with van der Waals surface area (Å²) in [5.74, 6) is 0.933. The van der Waals surface area contributed by atoms with E-state index in [1.165, 1.54) is 11.3 Å². The zero-order chi connectivity index (χ0) is 14.7. The van der Waals surface area contributed by atoms with E-state index in [4.69, 9.17) is 9.26 Å². The highest BCUT2D eigenvalue weighted by Crippen LogP contribution is 2.25. The first kappa shape index (κ1) is 13.4. The van der Waals surface area contributed by atoms with Crippen LogP contribution in [-0.4, -0.2) is 18.2 Å². The number of hydrogen-bond donors (Lipinski definition) is 1. The molecule has 0 saturated carbocycles. The van der Waals surface area contributed by atoms with Gasteiger partial charge < -0.3 is 14.6 Å². The lowest BCUT2D eigenvalue weighted by Crippen LogP contribution is -2.12. The molecule has 0 unspecified atom stereocenters. The fraction of sp³-hybridized carbons (Fsp3) is 0.0667. The van der Waals surface area contributed by atoms with Crippen LogP contribution < -0.4 is 10.1 Å². The molecule has 0 aliphatic rings. The Balaban J connectivity index is 1.76. The lowest BCUT2D eigenvalue weighted by Gasteiger charge is -2.04. The summed E-state index contributed by atoms with van der Waals surface area (Å²) in [6.45, 7) is 0. The molecule has 1 amide bonds. The number of hydrogen-bond acceptors (Lipinski definition) is 5. The second-order valence-electron chi connectivity index (χ2n) is 4.24. The van der Waals surface area contributed by atoms with Crippen LogP contribution in [0.4, 0.5) is 5.69 Å². The third-order valence-electron chi connectivity index (χ3n) is 2.83. The number of ether oxygens (including phenoxy) is 1. The van der Waals surface area contributed by atoms with E-state index in [1.54, 1.807) is 37.4 Å². The zero-order valence-electron chi connectivity index (χ0n) is 11.2. The highest BCUT2D eigenvalue weighted by Gasteiger charge is 2.14. The highest BCUT2D eigenvalue weighted by atomic mass is 32.1. The quantitative estimate of drug-likeness (QED) is 0.798. The normalized spacial score (nSPS) is 10.3. The molecule has 21 heavy (non-hydrogen) atoms. The topological polar surface area (TPSA) is 64.4 Å². The fourth-order valence-corrected chi connectivity index (χ4v) is 2.49. The van der Waals surface area contributed by atoms with Gasteiger partial charge in [-0.3, -0.25) is 4.79 Å². The number of benzene rings is 1. The Morgan fingerprint density at radius 3 is 2.95 bits per heavy atom. The van der Waals surface area contributed by atoms with Crippen LogP contribution in [0.15, 0.2) is 52.4 Å². The van der Waals surface area contributed by atoms with Gasteiger partial charge in [-0.25, -0.2) is 0 Å². The molecular formula is C15H12N2O3S. The number of anilines is 1. The Kier molecular flexibility index (Phi) is 3.70. The molecule has 1 aromatic carbocycles. The van der Waals surface area contributed by atoms with Crippen LogP contribution in [0.25, 0.3) is 10.6 Å². The van der Waals surface area contributed by atoms with Crippen molar-refractivity contribution in [1.82, 2.24) is 5.16 Å². The summed E-state index contributed by atoms with van der Waals surface area (Å²) in [7, 11) is 1.58. The minimum Gasteiger partial charge on any atom is -0.497 e. The van der Waals surface area contributed by atoms with Crippen molar-refractivity contribution in [2.45, 2.75) is 0 Å². The molecule has 0 spiro atoms. The van der Waals surface area contributed by atoms with Gasteiger partial charge in [-0.05, 0) is 23.6 Å². The van der Waals surface area contributed by atoms with E-state index in [9.17, 15) is 4.79 Å². The third-order valence-corrected chi connectivity index (χ3v) is 3.72. The van der Waals surface area contributed by atoms with Gasteiger partial charge in [0.15, 0.2) is 11.5 Å². The zero-order valence-corrected chi connectivity index (χ0v) is 12.0. The molecule has 5 nitrogen and oxygen atoms in total. The molecule has 3 rings (SSSR count).